The normalized spacial score (nSPS) is 48.3. The van der Waals surface area contributed by atoms with E-state index in [1.54, 1.807) is 5.57 Å². The van der Waals surface area contributed by atoms with E-state index in [0.717, 1.165) is 60.7 Å². The summed E-state index contributed by atoms with van der Waals surface area (Å²) in [4.78, 5) is 0. The van der Waals surface area contributed by atoms with E-state index in [0.29, 0.717) is 5.41 Å². The predicted molar refractivity (Wildman–Crippen MR) is 155 cm³/mol. The van der Waals surface area contributed by atoms with Crippen LogP contribution in [0.25, 0.3) is 0 Å². The lowest BCUT2D eigenvalue weighted by atomic mass is 9.47. The number of hydrogen-bond donors (Lipinski definition) is 3. The maximum absolute atomic E-state index is 10.4. The summed E-state index contributed by atoms with van der Waals surface area (Å²) in [7, 11) is 0. The summed E-state index contributed by atoms with van der Waals surface area (Å²) in [5.41, 5.74) is 2.31. The zero-order valence-electron chi connectivity index (χ0n) is 25.6. The SMILES string of the molecule is CCC(C)C(C)CC[C@@H](C)[C@H]1CCC2C3CC=C4C[C@@H](O[C@@H]5OC[C@@H](O)[C@H](O)[C@H]5O)CC[C@]4(C)C3CC[C@@]21C. The van der Waals surface area contributed by atoms with Crippen LogP contribution in [0.3, 0.4) is 0 Å². The summed E-state index contributed by atoms with van der Waals surface area (Å²) < 4.78 is 11.8. The molecule has 0 spiro atoms. The number of allylic oxidation sites excluding steroid dienone is 1. The lowest BCUT2D eigenvalue weighted by molar-refractivity contribution is -0.284. The Morgan fingerprint density at radius 1 is 0.949 bits per heavy atom. The molecule has 3 N–H and O–H groups in total. The average molecular weight is 547 g/mol. The molecule has 39 heavy (non-hydrogen) atoms. The highest BCUT2D eigenvalue weighted by atomic mass is 16.7. The Hall–Kier alpha value is -0.460. The van der Waals surface area contributed by atoms with Gasteiger partial charge in [-0.05, 0) is 104 Å². The summed E-state index contributed by atoms with van der Waals surface area (Å²) in [6.07, 6.45) is 12.1. The summed E-state index contributed by atoms with van der Waals surface area (Å²) >= 11 is 0. The van der Waals surface area contributed by atoms with Gasteiger partial charge in [0, 0.05) is 0 Å². The summed E-state index contributed by atoms with van der Waals surface area (Å²) in [6, 6.07) is 0. The van der Waals surface area contributed by atoms with Gasteiger partial charge >= 0.3 is 0 Å². The smallest absolute Gasteiger partial charge is 0.186 e. The van der Waals surface area contributed by atoms with Crippen LogP contribution >= 0.6 is 0 Å². The summed E-state index contributed by atoms with van der Waals surface area (Å²) in [6.45, 7) is 15.0. The van der Waals surface area contributed by atoms with Gasteiger partial charge in [0.2, 0.25) is 0 Å². The fourth-order valence-electron chi connectivity index (χ4n) is 10.2. The molecule has 5 rings (SSSR count). The predicted octanol–water partition coefficient (Wildman–Crippen LogP) is 6.49. The van der Waals surface area contributed by atoms with Gasteiger partial charge in [0.15, 0.2) is 6.29 Å². The van der Waals surface area contributed by atoms with Gasteiger partial charge in [0.25, 0.3) is 0 Å². The number of fused-ring (bicyclic) bond motifs is 5. The molecular formula is C34H58O5. The molecule has 0 amide bonds. The van der Waals surface area contributed by atoms with Gasteiger partial charge in [-0.1, -0.05) is 72.5 Å². The van der Waals surface area contributed by atoms with Crippen molar-refractivity contribution in [1.29, 1.82) is 0 Å². The molecule has 0 radical (unpaired) electrons. The van der Waals surface area contributed by atoms with Gasteiger partial charge in [-0.2, -0.15) is 0 Å². The van der Waals surface area contributed by atoms with E-state index in [1.807, 2.05) is 0 Å². The lowest BCUT2D eigenvalue weighted by Gasteiger charge is -2.58. The van der Waals surface area contributed by atoms with Crippen molar-refractivity contribution in [3.8, 4) is 0 Å². The third-order valence-electron chi connectivity index (χ3n) is 13.3. The molecule has 0 aromatic rings. The first-order valence-corrected chi connectivity index (χ1v) is 16.5. The van der Waals surface area contributed by atoms with Crippen LogP contribution in [-0.4, -0.2) is 52.6 Å². The van der Waals surface area contributed by atoms with E-state index in [-0.39, 0.29) is 18.1 Å². The van der Waals surface area contributed by atoms with Crippen LogP contribution < -0.4 is 0 Å². The van der Waals surface area contributed by atoms with Crippen molar-refractivity contribution in [2.24, 2.45) is 52.3 Å². The Kier molecular flexibility index (Phi) is 8.98. The topological polar surface area (TPSA) is 79.2 Å². The lowest BCUT2D eigenvalue weighted by Crippen LogP contribution is -2.55. The van der Waals surface area contributed by atoms with Gasteiger partial charge in [0.05, 0.1) is 12.7 Å². The molecule has 1 aliphatic heterocycles. The Balaban J connectivity index is 1.23. The molecule has 0 aromatic heterocycles. The molecule has 224 valence electrons. The van der Waals surface area contributed by atoms with E-state index in [1.165, 1.54) is 51.4 Å². The number of aliphatic hydroxyl groups excluding tert-OH is 3. The van der Waals surface area contributed by atoms with Crippen LogP contribution in [-0.2, 0) is 9.47 Å². The van der Waals surface area contributed by atoms with Gasteiger partial charge in [0.1, 0.15) is 18.3 Å². The molecule has 1 saturated heterocycles. The van der Waals surface area contributed by atoms with Crippen molar-refractivity contribution < 1.29 is 24.8 Å². The first-order chi connectivity index (χ1) is 18.5. The summed E-state index contributed by atoms with van der Waals surface area (Å²) in [5, 5.41) is 30.2. The number of rotatable bonds is 8. The summed E-state index contributed by atoms with van der Waals surface area (Å²) in [5.74, 6) is 5.82. The van der Waals surface area contributed by atoms with Crippen molar-refractivity contribution >= 4 is 0 Å². The van der Waals surface area contributed by atoms with E-state index in [9.17, 15) is 15.3 Å². The fraction of sp³-hybridized carbons (Fsp3) is 0.941. The molecule has 5 aliphatic rings. The molecule has 5 heteroatoms. The van der Waals surface area contributed by atoms with Crippen LogP contribution in [0.15, 0.2) is 11.6 Å². The van der Waals surface area contributed by atoms with Crippen molar-refractivity contribution in [2.75, 3.05) is 6.61 Å². The Morgan fingerprint density at radius 3 is 2.46 bits per heavy atom. The minimum atomic E-state index is -1.22. The van der Waals surface area contributed by atoms with Crippen LogP contribution in [0.5, 0.6) is 0 Å². The first-order valence-electron chi connectivity index (χ1n) is 16.5. The zero-order chi connectivity index (χ0) is 28.1. The fourth-order valence-corrected chi connectivity index (χ4v) is 10.2. The Morgan fingerprint density at radius 2 is 1.72 bits per heavy atom. The van der Waals surface area contributed by atoms with Crippen molar-refractivity contribution in [3.05, 3.63) is 11.6 Å². The standard InChI is InChI=1S/C34H58O5/c1-7-20(2)21(3)8-9-22(4)26-12-13-27-25-11-10-23-18-24(39-32-31(37)30(36)29(35)19-38-32)14-16-33(23,5)28(25)15-17-34(26,27)6/h10,20-22,24-32,35-37H,7-9,11-19H2,1-6H3/t20?,21?,22-,24+,25?,26-,27?,28?,29-,30+,31-,32+,33+,34-/m1/s1. The Labute approximate surface area is 238 Å². The first kappa shape index (κ1) is 30.0. The highest BCUT2D eigenvalue weighted by molar-refractivity contribution is 5.25. The van der Waals surface area contributed by atoms with Crippen LogP contribution in [0.2, 0.25) is 0 Å². The number of ether oxygens (including phenoxy) is 2. The molecule has 3 saturated carbocycles. The number of hydrogen-bond acceptors (Lipinski definition) is 5. The van der Waals surface area contributed by atoms with Crippen LogP contribution in [0, 0.1) is 52.3 Å². The quantitative estimate of drug-likeness (QED) is 0.303. The third kappa shape index (κ3) is 5.42. The maximum Gasteiger partial charge on any atom is 0.186 e. The number of aliphatic hydroxyl groups is 3. The van der Waals surface area contributed by atoms with Crippen molar-refractivity contribution in [3.63, 3.8) is 0 Å². The molecule has 1 heterocycles. The highest BCUT2D eigenvalue weighted by Crippen LogP contribution is 2.67. The molecule has 0 aromatic carbocycles. The molecule has 4 aliphatic carbocycles. The van der Waals surface area contributed by atoms with Gasteiger partial charge in [-0.25, -0.2) is 0 Å². The minimum Gasteiger partial charge on any atom is -0.388 e. The molecule has 4 fully saturated rings. The van der Waals surface area contributed by atoms with E-state index >= 15 is 0 Å². The second-order valence-corrected chi connectivity index (χ2v) is 15.2. The molecule has 5 unspecified atom stereocenters. The molecular weight excluding hydrogens is 488 g/mol. The van der Waals surface area contributed by atoms with Crippen molar-refractivity contribution in [2.45, 2.75) is 143 Å². The minimum absolute atomic E-state index is 0.00354. The van der Waals surface area contributed by atoms with E-state index < -0.39 is 24.6 Å². The van der Waals surface area contributed by atoms with Crippen molar-refractivity contribution in [1.82, 2.24) is 0 Å². The monoisotopic (exact) mass is 546 g/mol. The van der Waals surface area contributed by atoms with E-state index in [4.69, 9.17) is 9.47 Å². The van der Waals surface area contributed by atoms with E-state index in [2.05, 4.69) is 47.6 Å². The van der Waals surface area contributed by atoms with Crippen LogP contribution in [0.1, 0.15) is 112 Å². The zero-order valence-corrected chi connectivity index (χ0v) is 25.6. The van der Waals surface area contributed by atoms with Gasteiger partial charge < -0.3 is 24.8 Å². The average Bonchev–Trinajstić information content (AvgIpc) is 3.28. The molecule has 0 bridgehead atoms. The molecule has 5 nitrogen and oxygen atoms in total. The van der Waals surface area contributed by atoms with Crippen LogP contribution in [0.4, 0.5) is 0 Å². The molecule has 14 atom stereocenters. The third-order valence-corrected chi connectivity index (χ3v) is 13.3. The highest BCUT2D eigenvalue weighted by Gasteiger charge is 2.59. The second kappa shape index (κ2) is 11.7. The van der Waals surface area contributed by atoms with Gasteiger partial charge in [-0.15, -0.1) is 0 Å². The Bertz CT molecular complexity index is 874. The maximum atomic E-state index is 10.4. The van der Waals surface area contributed by atoms with Gasteiger partial charge in [-0.3, -0.25) is 0 Å². The largest absolute Gasteiger partial charge is 0.388 e. The second-order valence-electron chi connectivity index (χ2n) is 15.2.